The van der Waals surface area contributed by atoms with Gasteiger partial charge in [-0.15, -0.1) is 5.56 Å². The average molecular weight is 574 g/mol. The summed E-state index contributed by atoms with van der Waals surface area (Å²) in [5, 5.41) is 3.26. The number of aromatic amines is 2. The third kappa shape index (κ3) is 8.08. The van der Waals surface area contributed by atoms with Crippen molar-refractivity contribution in [1.82, 2.24) is 24.7 Å². The van der Waals surface area contributed by atoms with Crippen molar-refractivity contribution in [2.45, 2.75) is 61.3 Å². The zero-order chi connectivity index (χ0) is 26.5. The van der Waals surface area contributed by atoms with Gasteiger partial charge < -0.3 is 4.98 Å². The first kappa shape index (κ1) is 32.2. The minimum absolute atomic E-state index is 0. The fourth-order valence-electron chi connectivity index (χ4n) is 3.61. The van der Waals surface area contributed by atoms with Crippen molar-refractivity contribution in [2.75, 3.05) is 0 Å². The van der Waals surface area contributed by atoms with Crippen LogP contribution in [-0.4, -0.2) is 24.7 Å². The number of rotatable bonds is 5. The summed E-state index contributed by atoms with van der Waals surface area (Å²) >= 11 is 0. The van der Waals surface area contributed by atoms with E-state index < -0.39 is 0 Å². The predicted octanol–water partition coefficient (Wildman–Crippen LogP) is 7.07. The molecule has 2 N–H and O–H groups in total. The maximum Gasteiger partial charge on any atom is 0.277 e. The van der Waals surface area contributed by atoms with Crippen molar-refractivity contribution < 1.29 is 32.7 Å². The summed E-state index contributed by atoms with van der Waals surface area (Å²) in [7, 11) is 0. The molecule has 0 aliphatic heterocycles. The van der Waals surface area contributed by atoms with Crippen molar-refractivity contribution in [2.24, 2.45) is 0 Å². The van der Waals surface area contributed by atoms with Gasteiger partial charge in [0.15, 0.2) is 5.65 Å². The Hall–Kier alpha value is -2.83. The van der Waals surface area contributed by atoms with Crippen molar-refractivity contribution in [3.05, 3.63) is 100.0 Å². The number of hydrogen-bond donors (Lipinski definition) is 2. The third-order valence-electron chi connectivity index (χ3n) is 5.23. The smallest absolute Gasteiger partial charge is 0.277 e. The molecule has 1 radical (unpaired) electrons. The summed E-state index contributed by atoms with van der Waals surface area (Å²) in [4.78, 5) is 25.3. The minimum atomic E-state index is -0.107. The second kappa shape index (κ2) is 16.8. The average Bonchev–Trinajstić information content (AvgIpc) is 3.53. The Bertz CT molecular complexity index is 1340. The van der Waals surface area contributed by atoms with E-state index in [4.69, 9.17) is 0 Å². The molecule has 7 heteroatoms. The van der Waals surface area contributed by atoms with E-state index in [1.54, 1.807) is 6.20 Å². The Balaban J connectivity index is 0.000000914. The van der Waals surface area contributed by atoms with E-state index in [0.29, 0.717) is 18.0 Å². The summed E-state index contributed by atoms with van der Waals surface area (Å²) in [6.07, 6.45) is 3.09. The number of benzene rings is 2. The standard InChI is InChI=1S/C24H20N5O.3C2H6.Y/c1-16-9-11-17(12-10-16)13-14-19-21(18-6-3-2-4-7-18)28-29(23(19)30)24-26-20-8-5-15-25-22(20)27-24;3*1-2;/h3-12,15,28H,13-14H2,1H3,(H,25,26,27);3*1-2H3;/q-1;;;;. The van der Waals surface area contributed by atoms with Crippen molar-refractivity contribution in [1.29, 1.82) is 0 Å². The molecule has 0 fully saturated rings. The van der Waals surface area contributed by atoms with Gasteiger partial charge in [0, 0.05) is 50.2 Å². The van der Waals surface area contributed by atoms with E-state index in [1.165, 1.54) is 15.8 Å². The molecule has 0 saturated heterocycles. The molecule has 37 heavy (non-hydrogen) atoms. The molecule has 0 bridgehead atoms. The molecule has 0 aliphatic rings. The second-order valence-electron chi connectivity index (χ2n) is 7.32. The van der Waals surface area contributed by atoms with Crippen molar-refractivity contribution >= 4 is 11.2 Å². The molecule has 0 aliphatic carbocycles. The molecule has 3 aromatic heterocycles. The van der Waals surface area contributed by atoms with E-state index in [-0.39, 0.29) is 38.3 Å². The summed E-state index contributed by atoms with van der Waals surface area (Å²) in [6, 6.07) is 22.8. The molecule has 3 heterocycles. The summed E-state index contributed by atoms with van der Waals surface area (Å²) in [5.41, 5.74) is 6.15. The number of nitrogens with one attached hydrogen (secondary N) is 2. The van der Waals surface area contributed by atoms with Gasteiger partial charge in [0.25, 0.3) is 5.56 Å². The van der Waals surface area contributed by atoms with Crippen molar-refractivity contribution in [3.63, 3.8) is 0 Å². The monoisotopic (exact) mass is 573 g/mol. The van der Waals surface area contributed by atoms with Gasteiger partial charge in [-0.25, -0.2) is 4.98 Å². The topological polar surface area (TPSA) is 79.4 Å². The Morgan fingerprint density at radius 3 is 2.16 bits per heavy atom. The molecule has 5 rings (SSSR count). The zero-order valence-corrected chi connectivity index (χ0v) is 25.9. The third-order valence-corrected chi connectivity index (χ3v) is 5.23. The summed E-state index contributed by atoms with van der Waals surface area (Å²) < 4.78 is 1.47. The molecular formula is C30H38N5OY-. The van der Waals surface area contributed by atoms with Gasteiger partial charge in [-0.2, -0.15) is 40.0 Å². The van der Waals surface area contributed by atoms with Crippen LogP contribution in [0.5, 0.6) is 0 Å². The van der Waals surface area contributed by atoms with Gasteiger partial charge in [-0.3, -0.25) is 9.89 Å². The maximum atomic E-state index is 13.4. The normalized spacial score (nSPS) is 9.59. The number of nitrogens with zero attached hydrogens (tertiary/aromatic N) is 3. The molecular weight excluding hydrogens is 535 g/mol. The number of fused-ring (bicyclic) bond motifs is 1. The van der Waals surface area contributed by atoms with Crippen LogP contribution in [0.25, 0.3) is 28.4 Å². The van der Waals surface area contributed by atoms with Crippen LogP contribution in [0.15, 0.2) is 71.7 Å². The maximum absolute atomic E-state index is 13.4. The largest absolute Gasteiger partial charge is 0.321 e. The first-order valence-electron chi connectivity index (χ1n) is 12.9. The Kier molecular flexibility index (Phi) is 14.6. The zero-order valence-electron chi connectivity index (χ0n) is 23.1. The van der Waals surface area contributed by atoms with E-state index in [9.17, 15) is 4.79 Å². The first-order chi connectivity index (χ1) is 17.7. The van der Waals surface area contributed by atoms with Crippen LogP contribution in [0, 0.1) is 13.0 Å². The quantitative estimate of drug-likeness (QED) is 0.221. The number of H-pyrrole nitrogens is 2. The van der Waals surface area contributed by atoms with E-state index in [0.717, 1.165) is 28.8 Å². The Labute approximate surface area is 245 Å². The fraction of sp³-hybridized carbons (Fsp3) is 0.300. The minimum Gasteiger partial charge on any atom is -0.321 e. The van der Waals surface area contributed by atoms with Gasteiger partial charge in [0.05, 0.1) is 5.52 Å². The Morgan fingerprint density at radius 2 is 1.54 bits per heavy atom. The molecule has 6 nitrogen and oxygen atoms in total. The molecule has 0 amide bonds. The summed E-state index contributed by atoms with van der Waals surface area (Å²) in [6.45, 7) is 14.1. The Morgan fingerprint density at radius 1 is 0.892 bits per heavy atom. The number of imidazole rings is 1. The number of aromatic nitrogens is 5. The van der Waals surface area contributed by atoms with Crippen LogP contribution in [0.4, 0.5) is 0 Å². The number of hydrogen-bond acceptors (Lipinski definition) is 3. The van der Waals surface area contributed by atoms with Crippen LogP contribution >= 0.6 is 0 Å². The van der Waals surface area contributed by atoms with Gasteiger partial charge in [-0.05, 0) is 37.5 Å². The molecule has 2 aromatic carbocycles. The second-order valence-corrected chi connectivity index (χ2v) is 7.32. The van der Waals surface area contributed by atoms with Gasteiger partial charge >= 0.3 is 0 Å². The predicted molar refractivity (Wildman–Crippen MR) is 151 cm³/mol. The van der Waals surface area contributed by atoms with Crippen molar-refractivity contribution in [3.8, 4) is 17.2 Å². The van der Waals surface area contributed by atoms with E-state index >= 15 is 0 Å². The van der Waals surface area contributed by atoms with Crippen LogP contribution < -0.4 is 5.56 Å². The van der Waals surface area contributed by atoms with Crippen LogP contribution in [0.2, 0.25) is 0 Å². The molecule has 0 unspecified atom stereocenters. The van der Waals surface area contributed by atoms with Crippen LogP contribution in [0.3, 0.4) is 0 Å². The van der Waals surface area contributed by atoms with Crippen LogP contribution in [0.1, 0.15) is 58.2 Å². The van der Waals surface area contributed by atoms with E-state index in [2.05, 4.69) is 57.3 Å². The van der Waals surface area contributed by atoms with E-state index in [1.807, 2.05) is 77.9 Å². The first-order valence-corrected chi connectivity index (χ1v) is 12.9. The van der Waals surface area contributed by atoms with Crippen LogP contribution in [-0.2, 0) is 45.6 Å². The molecule has 0 atom stereocenters. The molecule has 5 aromatic rings. The number of pyridine rings is 1. The molecule has 0 saturated carbocycles. The SMILES string of the molecule is CC.CC.CC.Cc1ccc(CCc2c(-c3cc[c-]cc3)[nH]n(-c3nc4ncccc4[nH]3)c2=O)cc1.[Y]. The molecule has 0 spiro atoms. The number of aryl methyl sites for hydroxylation is 2. The van der Waals surface area contributed by atoms with Gasteiger partial charge in [-0.1, -0.05) is 71.4 Å². The molecule has 193 valence electrons. The van der Waals surface area contributed by atoms with Gasteiger partial charge in [0.1, 0.15) is 0 Å². The van der Waals surface area contributed by atoms with Gasteiger partial charge in [0.2, 0.25) is 5.95 Å². The fourth-order valence-corrected chi connectivity index (χ4v) is 3.61. The summed E-state index contributed by atoms with van der Waals surface area (Å²) in [5.74, 6) is 0.430.